The number of pyridine rings is 1. The molecule has 9 nitrogen and oxygen atoms in total. The smallest absolute Gasteiger partial charge is 0.253 e. The van der Waals surface area contributed by atoms with Gasteiger partial charge in [-0.3, -0.25) is 9.69 Å². The van der Waals surface area contributed by atoms with Crippen molar-refractivity contribution in [3.63, 3.8) is 0 Å². The van der Waals surface area contributed by atoms with Gasteiger partial charge in [0, 0.05) is 53.4 Å². The maximum Gasteiger partial charge on any atom is 0.253 e. The zero-order chi connectivity index (χ0) is 26.9. The Hall–Kier alpha value is -3.43. The summed E-state index contributed by atoms with van der Waals surface area (Å²) < 4.78 is 7.72. The van der Waals surface area contributed by atoms with Crippen molar-refractivity contribution in [1.29, 1.82) is 0 Å². The summed E-state index contributed by atoms with van der Waals surface area (Å²) in [6.07, 6.45) is 4.45. The van der Waals surface area contributed by atoms with Crippen molar-refractivity contribution in [2.75, 3.05) is 37.7 Å². The summed E-state index contributed by atoms with van der Waals surface area (Å²) in [5.41, 5.74) is 3.66. The molecule has 2 fully saturated rings. The number of hydrogen-bond acceptors (Lipinski definition) is 7. The Balaban J connectivity index is 1.39. The molecular weight excluding hydrogens is 514 g/mol. The molecule has 204 valence electrons. The Labute approximate surface area is 232 Å². The summed E-state index contributed by atoms with van der Waals surface area (Å²) in [4.78, 5) is 21.4. The number of ether oxygens (including phenoxy) is 1. The Morgan fingerprint density at radius 2 is 1.87 bits per heavy atom. The molecule has 2 aromatic carbocycles. The zero-order valence-electron chi connectivity index (χ0n) is 22.4. The molecule has 6 rings (SSSR count). The maximum absolute atomic E-state index is 13.6. The third-order valence-corrected chi connectivity index (χ3v) is 8.31. The number of tetrazole rings is 1. The number of anilines is 1. The topological polar surface area (TPSA) is 92.2 Å². The highest BCUT2D eigenvalue weighted by molar-refractivity contribution is 6.30. The molecule has 1 atom stereocenters. The largest absolute Gasteiger partial charge is 0.494 e. The van der Waals surface area contributed by atoms with Gasteiger partial charge in [0.15, 0.2) is 5.82 Å². The first-order valence-electron chi connectivity index (χ1n) is 13.8. The summed E-state index contributed by atoms with van der Waals surface area (Å²) >= 11 is 6.33. The number of H-pyrrole nitrogens is 1. The highest BCUT2D eigenvalue weighted by Gasteiger charge is 2.35. The summed E-state index contributed by atoms with van der Waals surface area (Å²) in [5.74, 6) is 1.51. The summed E-state index contributed by atoms with van der Waals surface area (Å²) in [5, 5.41) is 14.7. The van der Waals surface area contributed by atoms with E-state index in [0.717, 1.165) is 72.2 Å². The molecule has 10 heteroatoms. The second kappa shape index (κ2) is 11.0. The number of nitrogens with one attached hydrogen (secondary N) is 1. The van der Waals surface area contributed by atoms with Crippen molar-refractivity contribution in [2.45, 2.75) is 51.6 Å². The molecule has 4 aromatic rings. The fourth-order valence-corrected chi connectivity index (χ4v) is 6.26. The molecule has 0 amide bonds. The number of nitrogens with zero attached hydrogens (tertiary/aromatic N) is 6. The van der Waals surface area contributed by atoms with Crippen LogP contribution >= 0.6 is 11.6 Å². The van der Waals surface area contributed by atoms with Crippen LogP contribution in [0.4, 0.5) is 5.69 Å². The molecular formula is C29H34ClN7O2. The molecule has 3 heterocycles. The molecule has 2 aliphatic rings. The molecule has 39 heavy (non-hydrogen) atoms. The lowest BCUT2D eigenvalue weighted by atomic mass is 10.0. The Morgan fingerprint density at radius 1 is 1.08 bits per heavy atom. The first-order chi connectivity index (χ1) is 19.0. The van der Waals surface area contributed by atoms with E-state index in [1.54, 1.807) is 0 Å². The fourth-order valence-electron chi connectivity index (χ4n) is 6.09. The third kappa shape index (κ3) is 5.13. The minimum atomic E-state index is -0.368. The first kappa shape index (κ1) is 25.8. The van der Waals surface area contributed by atoms with Crippen molar-refractivity contribution in [3.05, 3.63) is 74.8 Å². The van der Waals surface area contributed by atoms with E-state index in [2.05, 4.69) is 43.3 Å². The quantitative estimate of drug-likeness (QED) is 0.352. The highest BCUT2D eigenvalue weighted by Crippen LogP contribution is 2.35. The number of piperazine rings is 1. The molecule has 2 aromatic heterocycles. The highest BCUT2D eigenvalue weighted by atomic mass is 35.5. The maximum atomic E-state index is 13.6. The number of halogens is 1. The predicted molar refractivity (Wildman–Crippen MR) is 153 cm³/mol. The normalized spacial score (nSPS) is 17.7. The van der Waals surface area contributed by atoms with Crippen LogP contribution in [-0.4, -0.2) is 62.9 Å². The van der Waals surface area contributed by atoms with Crippen LogP contribution in [0.25, 0.3) is 10.9 Å². The van der Waals surface area contributed by atoms with E-state index in [4.69, 9.17) is 16.3 Å². The SMILES string of the molecule is CCOc1ccc2[nH]c(=O)c([C@@H](c3nnnn3C3CCCC3)N3CCN(c4cc(Cl)ccc4C)CC3)cc2c1. The van der Waals surface area contributed by atoms with Gasteiger partial charge < -0.3 is 14.6 Å². The van der Waals surface area contributed by atoms with Gasteiger partial charge in [0.1, 0.15) is 11.8 Å². The van der Waals surface area contributed by atoms with Crippen LogP contribution in [0.5, 0.6) is 5.75 Å². The third-order valence-electron chi connectivity index (χ3n) is 8.07. The van der Waals surface area contributed by atoms with E-state index < -0.39 is 0 Å². The molecule has 0 unspecified atom stereocenters. The van der Waals surface area contributed by atoms with Gasteiger partial charge >= 0.3 is 0 Å². The number of fused-ring (bicyclic) bond motifs is 1. The van der Waals surface area contributed by atoms with Crippen LogP contribution in [0.15, 0.2) is 47.3 Å². The van der Waals surface area contributed by atoms with Crippen molar-refractivity contribution in [2.24, 2.45) is 0 Å². The van der Waals surface area contributed by atoms with Crippen molar-refractivity contribution < 1.29 is 4.74 Å². The Kier molecular flexibility index (Phi) is 7.27. The number of benzene rings is 2. The summed E-state index contributed by atoms with van der Waals surface area (Å²) in [6, 6.07) is 13.7. The number of aromatic amines is 1. The number of rotatable bonds is 7. The molecule has 1 aliphatic heterocycles. The van der Waals surface area contributed by atoms with E-state index >= 15 is 0 Å². The van der Waals surface area contributed by atoms with Gasteiger partial charge in [-0.15, -0.1) is 5.10 Å². The van der Waals surface area contributed by atoms with Crippen molar-refractivity contribution in [3.8, 4) is 5.75 Å². The average molecular weight is 548 g/mol. The van der Waals surface area contributed by atoms with Gasteiger partial charge in [-0.25, -0.2) is 4.68 Å². The van der Waals surface area contributed by atoms with Gasteiger partial charge in [-0.1, -0.05) is 30.5 Å². The second-order valence-electron chi connectivity index (χ2n) is 10.5. The zero-order valence-corrected chi connectivity index (χ0v) is 23.2. The van der Waals surface area contributed by atoms with Crippen LogP contribution in [0, 0.1) is 6.92 Å². The van der Waals surface area contributed by atoms with Gasteiger partial charge in [-0.05, 0) is 79.1 Å². The van der Waals surface area contributed by atoms with Crippen LogP contribution in [0.2, 0.25) is 5.02 Å². The van der Waals surface area contributed by atoms with Gasteiger partial charge in [0.25, 0.3) is 5.56 Å². The first-order valence-corrected chi connectivity index (χ1v) is 14.2. The Bertz CT molecular complexity index is 1520. The predicted octanol–water partition coefficient (Wildman–Crippen LogP) is 4.90. The minimum Gasteiger partial charge on any atom is -0.494 e. The van der Waals surface area contributed by atoms with Crippen LogP contribution < -0.4 is 15.2 Å². The van der Waals surface area contributed by atoms with E-state index in [1.165, 1.54) is 18.4 Å². The number of aromatic nitrogens is 5. The van der Waals surface area contributed by atoms with E-state index in [0.29, 0.717) is 12.2 Å². The van der Waals surface area contributed by atoms with Gasteiger partial charge in [0.05, 0.1) is 12.6 Å². The van der Waals surface area contributed by atoms with E-state index in [1.807, 2.05) is 48.0 Å². The molecule has 0 radical (unpaired) electrons. The minimum absolute atomic E-state index is 0.120. The van der Waals surface area contributed by atoms with Gasteiger partial charge in [-0.2, -0.15) is 0 Å². The van der Waals surface area contributed by atoms with Crippen LogP contribution in [0.1, 0.15) is 61.6 Å². The van der Waals surface area contributed by atoms with E-state index in [-0.39, 0.29) is 17.6 Å². The molecule has 1 aliphatic carbocycles. The average Bonchev–Trinajstić information content (AvgIpc) is 3.64. The lowest BCUT2D eigenvalue weighted by Crippen LogP contribution is -2.49. The molecule has 0 spiro atoms. The fraction of sp³-hybridized carbons (Fsp3) is 0.448. The molecule has 1 saturated heterocycles. The van der Waals surface area contributed by atoms with Crippen LogP contribution in [-0.2, 0) is 0 Å². The summed E-state index contributed by atoms with van der Waals surface area (Å²) in [6.45, 7) is 7.78. The standard InChI is InChI=1S/C29H34ClN7O2/c1-3-39-23-10-11-25-20(16-23)17-24(29(38)31-25)27(28-32-33-34-37(28)22-6-4-5-7-22)36-14-12-35(13-15-36)26-18-21(30)9-8-19(26)2/h8-11,16-18,22,27H,3-7,12-15H2,1-2H3,(H,31,38)/t27-/m0/s1. The lowest BCUT2D eigenvalue weighted by Gasteiger charge is -2.40. The van der Waals surface area contributed by atoms with Crippen LogP contribution in [0.3, 0.4) is 0 Å². The number of aryl methyl sites for hydroxylation is 1. The number of hydrogen-bond donors (Lipinski definition) is 1. The lowest BCUT2D eigenvalue weighted by molar-refractivity contribution is 0.197. The van der Waals surface area contributed by atoms with Gasteiger partial charge in [0.2, 0.25) is 0 Å². The second-order valence-corrected chi connectivity index (χ2v) is 10.9. The molecule has 0 bridgehead atoms. The van der Waals surface area contributed by atoms with Crippen molar-refractivity contribution in [1.82, 2.24) is 30.1 Å². The molecule has 1 saturated carbocycles. The summed E-state index contributed by atoms with van der Waals surface area (Å²) in [7, 11) is 0. The monoisotopic (exact) mass is 547 g/mol. The van der Waals surface area contributed by atoms with E-state index in [9.17, 15) is 4.79 Å². The molecule has 1 N–H and O–H groups in total. The van der Waals surface area contributed by atoms with Crippen molar-refractivity contribution >= 4 is 28.2 Å². The Morgan fingerprint density at radius 3 is 2.64 bits per heavy atom.